The van der Waals surface area contributed by atoms with Gasteiger partial charge in [0.2, 0.25) is 0 Å². The molecule has 0 spiro atoms. The zero-order chi connectivity index (χ0) is 13.3. The quantitative estimate of drug-likeness (QED) is 0.893. The van der Waals surface area contributed by atoms with Gasteiger partial charge in [-0.3, -0.25) is 0 Å². The maximum absolute atomic E-state index is 11.2. The predicted octanol–water partition coefficient (Wildman–Crippen LogP) is 3.62. The van der Waals surface area contributed by atoms with Gasteiger partial charge < -0.3 is 9.67 Å². The Morgan fingerprint density at radius 3 is 2.61 bits per heavy atom. The molecule has 0 aliphatic heterocycles. The SMILES string of the molecule is CCCn1cc(CC)c2cc(C)c(C(=O)O)cc21. The van der Waals surface area contributed by atoms with Crippen molar-refractivity contribution in [1.29, 1.82) is 0 Å². The molecule has 1 aromatic heterocycles. The van der Waals surface area contributed by atoms with E-state index in [4.69, 9.17) is 0 Å². The normalized spacial score (nSPS) is 11.1. The van der Waals surface area contributed by atoms with Crippen LogP contribution in [0.5, 0.6) is 0 Å². The molecule has 0 aliphatic carbocycles. The molecule has 2 rings (SSSR count). The van der Waals surface area contributed by atoms with Gasteiger partial charge in [-0.25, -0.2) is 4.79 Å². The number of benzene rings is 1. The van der Waals surface area contributed by atoms with E-state index < -0.39 is 5.97 Å². The Balaban J connectivity index is 2.72. The first-order chi connectivity index (χ1) is 8.58. The van der Waals surface area contributed by atoms with Gasteiger partial charge in [-0.2, -0.15) is 0 Å². The monoisotopic (exact) mass is 245 g/mol. The molecule has 3 heteroatoms. The Morgan fingerprint density at radius 2 is 2.06 bits per heavy atom. The second kappa shape index (κ2) is 4.84. The van der Waals surface area contributed by atoms with E-state index in [1.165, 1.54) is 10.9 Å². The average Bonchev–Trinajstić information content (AvgIpc) is 2.66. The fraction of sp³-hybridized carbons (Fsp3) is 0.400. The lowest BCUT2D eigenvalue weighted by Gasteiger charge is -2.06. The van der Waals surface area contributed by atoms with Gasteiger partial charge in [0.15, 0.2) is 0 Å². The molecule has 96 valence electrons. The molecular formula is C15H19NO2. The number of aromatic carboxylic acids is 1. The van der Waals surface area contributed by atoms with Crippen LogP contribution >= 0.6 is 0 Å². The second-order valence-electron chi connectivity index (χ2n) is 4.69. The molecule has 0 bridgehead atoms. The molecule has 1 N–H and O–H groups in total. The highest BCUT2D eigenvalue weighted by atomic mass is 16.4. The van der Waals surface area contributed by atoms with E-state index in [0.717, 1.165) is 30.5 Å². The van der Waals surface area contributed by atoms with E-state index in [2.05, 4.69) is 24.6 Å². The number of rotatable bonds is 4. The summed E-state index contributed by atoms with van der Waals surface area (Å²) in [5.74, 6) is -0.850. The zero-order valence-corrected chi connectivity index (χ0v) is 11.2. The van der Waals surface area contributed by atoms with Crippen molar-refractivity contribution < 1.29 is 9.90 Å². The van der Waals surface area contributed by atoms with E-state index >= 15 is 0 Å². The summed E-state index contributed by atoms with van der Waals surface area (Å²) in [6, 6.07) is 3.81. The molecular weight excluding hydrogens is 226 g/mol. The second-order valence-corrected chi connectivity index (χ2v) is 4.69. The topological polar surface area (TPSA) is 42.2 Å². The average molecular weight is 245 g/mol. The van der Waals surface area contributed by atoms with E-state index in [1.54, 1.807) is 0 Å². The Labute approximate surface area is 107 Å². The van der Waals surface area contributed by atoms with Crippen molar-refractivity contribution in [3.63, 3.8) is 0 Å². The number of fused-ring (bicyclic) bond motifs is 1. The maximum atomic E-state index is 11.2. The molecule has 0 radical (unpaired) electrons. The Hall–Kier alpha value is -1.77. The van der Waals surface area contributed by atoms with Crippen molar-refractivity contribution in [2.75, 3.05) is 0 Å². The molecule has 0 saturated heterocycles. The minimum atomic E-state index is -0.850. The summed E-state index contributed by atoms with van der Waals surface area (Å²) in [5, 5.41) is 10.4. The fourth-order valence-corrected chi connectivity index (χ4v) is 2.46. The van der Waals surface area contributed by atoms with Crippen molar-refractivity contribution >= 4 is 16.9 Å². The third-order valence-corrected chi connectivity index (χ3v) is 3.39. The minimum absolute atomic E-state index is 0.403. The highest BCUT2D eigenvalue weighted by molar-refractivity contribution is 5.96. The van der Waals surface area contributed by atoms with Crippen LogP contribution in [0.3, 0.4) is 0 Å². The molecule has 1 heterocycles. The van der Waals surface area contributed by atoms with Gasteiger partial charge in [0.05, 0.1) is 5.56 Å². The van der Waals surface area contributed by atoms with Crippen molar-refractivity contribution in [3.05, 3.63) is 35.0 Å². The largest absolute Gasteiger partial charge is 0.478 e. The molecule has 0 atom stereocenters. The molecule has 3 nitrogen and oxygen atoms in total. The summed E-state index contributed by atoms with van der Waals surface area (Å²) < 4.78 is 2.17. The van der Waals surface area contributed by atoms with Gasteiger partial charge in [0.25, 0.3) is 0 Å². The highest BCUT2D eigenvalue weighted by Gasteiger charge is 2.13. The maximum Gasteiger partial charge on any atom is 0.336 e. The fourth-order valence-electron chi connectivity index (χ4n) is 2.46. The van der Waals surface area contributed by atoms with Crippen LogP contribution in [-0.2, 0) is 13.0 Å². The van der Waals surface area contributed by atoms with Crippen LogP contribution in [0.4, 0.5) is 0 Å². The summed E-state index contributed by atoms with van der Waals surface area (Å²) in [5.41, 5.74) is 3.56. The number of carboxylic acids is 1. The zero-order valence-electron chi connectivity index (χ0n) is 11.2. The summed E-state index contributed by atoms with van der Waals surface area (Å²) >= 11 is 0. The van der Waals surface area contributed by atoms with Gasteiger partial charge >= 0.3 is 5.97 Å². The number of nitrogens with zero attached hydrogens (tertiary/aromatic N) is 1. The lowest BCUT2D eigenvalue weighted by molar-refractivity contribution is 0.0696. The highest BCUT2D eigenvalue weighted by Crippen LogP contribution is 2.26. The number of hydrogen-bond donors (Lipinski definition) is 1. The molecule has 1 aromatic carbocycles. The number of carbonyl (C=O) groups is 1. The molecule has 18 heavy (non-hydrogen) atoms. The smallest absolute Gasteiger partial charge is 0.336 e. The number of carboxylic acid groups (broad SMARTS) is 1. The first-order valence-electron chi connectivity index (χ1n) is 6.44. The van der Waals surface area contributed by atoms with Crippen molar-refractivity contribution in [3.8, 4) is 0 Å². The van der Waals surface area contributed by atoms with Gasteiger partial charge in [0.1, 0.15) is 0 Å². The van der Waals surface area contributed by atoms with E-state index in [0.29, 0.717) is 5.56 Å². The molecule has 0 unspecified atom stereocenters. The van der Waals surface area contributed by atoms with Gasteiger partial charge in [-0.05, 0) is 43.0 Å². The van der Waals surface area contributed by atoms with E-state index in [9.17, 15) is 9.90 Å². The first-order valence-corrected chi connectivity index (χ1v) is 6.44. The third-order valence-electron chi connectivity index (χ3n) is 3.39. The Bertz CT molecular complexity index is 596. The standard InChI is InChI=1S/C15H19NO2/c1-4-6-16-9-11(5-2)13-7-10(3)12(15(17)18)8-14(13)16/h7-9H,4-6H2,1-3H3,(H,17,18). The Kier molecular flexibility index (Phi) is 3.41. The third kappa shape index (κ3) is 2.01. The summed E-state index contributed by atoms with van der Waals surface area (Å²) in [6.45, 7) is 7.05. The summed E-state index contributed by atoms with van der Waals surface area (Å²) in [7, 11) is 0. The van der Waals surface area contributed by atoms with Crippen molar-refractivity contribution in [1.82, 2.24) is 4.57 Å². The van der Waals surface area contributed by atoms with E-state index in [-0.39, 0.29) is 0 Å². The molecule has 0 aliphatic rings. The van der Waals surface area contributed by atoms with Crippen LogP contribution < -0.4 is 0 Å². The van der Waals surface area contributed by atoms with Crippen LogP contribution in [0.2, 0.25) is 0 Å². The van der Waals surface area contributed by atoms with Gasteiger partial charge in [-0.1, -0.05) is 13.8 Å². The lowest BCUT2D eigenvalue weighted by Crippen LogP contribution is -2.01. The van der Waals surface area contributed by atoms with Crippen LogP contribution in [0.25, 0.3) is 10.9 Å². The molecule has 0 amide bonds. The van der Waals surface area contributed by atoms with Gasteiger partial charge in [-0.15, -0.1) is 0 Å². The summed E-state index contributed by atoms with van der Waals surface area (Å²) in [6.07, 6.45) is 4.17. The lowest BCUT2D eigenvalue weighted by atomic mass is 10.0. The molecule has 0 fully saturated rings. The minimum Gasteiger partial charge on any atom is -0.478 e. The first kappa shape index (κ1) is 12.7. The number of aromatic nitrogens is 1. The predicted molar refractivity (Wildman–Crippen MR) is 73.3 cm³/mol. The number of hydrogen-bond acceptors (Lipinski definition) is 1. The van der Waals surface area contributed by atoms with E-state index in [1.807, 2.05) is 19.1 Å². The van der Waals surface area contributed by atoms with Crippen molar-refractivity contribution in [2.24, 2.45) is 0 Å². The number of aryl methyl sites for hydroxylation is 3. The van der Waals surface area contributed by atoms with Crippen LogP contribution in [-0.4, -0.2) is 15.6 Å². The molecule has 2 aromatic rings. The van der Waals surface area contributed by atoms with Gasteiger partial charge in [0, 0.05) is 23.6 Å². The van der Waals surface area contributed by atoms with Crippen LogP contribution in [0, 0.1) is 6.92 Å². The molecule has 0 saturated carbocycles. The van der Waals surface area contributed by atoms with Crippen LogP contribution in [0.1, 0.15) is 41.8 Å². The van der Waals surface area contributed by atoms with Crippen molar-refractivity contribution in [2.45, 2.75) is 40.2 Å². The Morgan fingerprint density at radius 1 is 1.33 bits per heavy atom. The van der Waals surface area contributed by atoms with Crippen LogP contribution in [0.15, 0.2) is 18.3 Å². The summed E-state index contributed by atoms with van der Waals surface area (Å²) in [4.78, 5) is 11.2.